The van der Waals surface area contributed by atoms with Gasteiger partial charge in [-0.15, -0.1) is 0 Å². The summed E-state index contributed by atoms with van der Waals surface area (Å²) in [7, 11) is 2.06. The van der Waals surface area contributed by atoms with Gasteiger partial charge in [0, 0.05) is 61.6 Å². The number of nitrogens with zero attached hydrogens (tertiary/aromatic N) is 6. The summed E-state index contributed by atoms with van der Waals surface area (Å²) >= 11 is 0. The molecule has 0 bridgehead atoms. The summed E-state index contributed by atoms with van der Waals surface area (Å²) in [6.07, 6.45) is 2.36. The van der Waals surface area contributed by atoms with Crippen LogP contribution in [0.2, 0.25) is 0 Å². The van der Waals surface area contributed by atoms with Gasteiger partial charge in [-0.25, -0.2) is 4.98 Å². The third-order valence-corrected chi connectivity index (χ3v) is 6.66. The fourth-order valence-electron chi connectivity index (χ4n) is 4.31. The molecule has 1 amide bonds. The van der Waals surface area contributed by atoms with E-state index in [1.807, 2.05) is 47.4 Å². The molecule has 0 spiro atoms. The third-order valence-electron chi connectivity index (χ3n) is 6.66. The summed E-state index contributed by atoms with van der Waals surface area (Å²) in [5, 5.41) is 18.0. The first-order valence-corrected chi connectivity index (χ1v) is 12.5. The highest BCUT2D eigenvalue weighted by Crippen LogP contribution is 2.39. The molecule has 2 fully saturated rings. The quantitative estimate of drug-likeness (QED) is 0.334. The highest BCUT2D eigenvalue weighted by molar-refractivity contribution is 5.93. The minimum Gasteiger partial charge on any atom is -0.359 e. The molecule has 11 nitrogen and oxygen atoms in total. The molecule has 3 N–H and O–H groups in total. The second kappa shape index (κ2) is 10.0. The van der Waals surface area contributed by atoms with Crippen molar-refractivity contribution in [1.82, 2.24) is 35.1 Å². The van der Waals surface area contributed by atoms with Gasteiger partial charge in [0.1, 0.15) is 17.2 Å². The molecule has 1 aromatic carbocycles. The van der Waals surface area contributed by atoms with E-state index < -0.39 is 0 Å². The molecule has 0 radical (unpaired) electrons. The van der Waals surface area contributed by atoms with Gasteiger partial charge in [0.2, 0.25) is 5.95 Å². The summed E-state index contributed by atoms with van der Waals surface area (Å²) < 4.78 is 5.50. The molecule has 2 aliphatic rings. The van der Waals surface area contributed by atoms with Crippen molar-refractivity contribution in [2.24, 2.45) is 0 Å². The van der Waals surface area contributed by atoms with E-state index in [1.54, 1.807) is 6.07 Å². The molecule has 3 aromatic heterocycles. The van der Waals surface area contributed by atoms with Crippen LogP contribution >= 0.6 is 0 Å². The predicted molar refractivity (Wildman–Crippen MR) is 139 cm³/mol. The summed E-state index contributed by atoms with van der Waals surface area (Å²) in [5.74, 6) is 2.54. The molecule has 6 rings (SSSR count). The molecule has 11 heteroatoms. The highest BCUT2D eigenvalue weighted by atomic mass is 16.5. The van der Waals surface area contributed by atoms with Crippen LogP contribution in [-0.4, -0.2) is 74.3 Å². The molecule has 4 aromatic rings. The van der Waals surface area contributed by atoms with Gasteiger partial charge in [0.25, 0.3) is 5.91 Å². The van der Waals surface area contributed by atoms with Gasteiger partial charge in [0.05, 0.1) is 6.54 Å². The molecule has 190 valence electrons. The summed E-state index contributed by atoms with van der Waals surface area (Å²) in [5.41, 5.74) is 3.17. The maximum Gasteiger partial charge on any atom is 0.272 e. The Hall–Kier alpha value is -4.25. The number of benzene rings is 1. The van der Waals surface area contributed by atoms with Crippen molar-refractivity contribution in [2.45, 2.75) is 25.3 Å². The maximum absolute atomic E-state index is 13.3. The lowest BCUT2D eigenvalue weighted by atomic mass is 10.1. The summed E-state index contributed by atoms with van der Waals surface area (Å²) in [4.78, 5) is 26.5. The Morgan fingerprint density at radius 3 is 2.65 bits per heavy atom. The Labute approximate surface area is 214 Å². The van der Waals surface area contributed by atoms with E-state index in [4.69, 9.17) is 4.52 Å². The van der Waals surface area contributed by atoms with Gasteiger partial charge < -0.3 is 25.0 Å². The lowest BCUT2D eigenvalue weighted by Crippen LogP contribution is -2.47. The van der Waals surface area contributed by atoms with Crippen LogP contribution in [0.15, 0.2) is 53.1 Å². The second-order valence-corrected chi connectivity index (χ2v) is 9.56. The van der Waals surface area contributed by atoms with Crippen LogP contribution in [0.1, 0.15) is 40.7 Å². The van der Waals surface area contributed by atoms with Crippen molar-refractivity contribution in [3.8, 4) is 11.3 Å². The molecule has 0 atom stereocenters. The molecular weight excluding hydrogens is 470 g/mol. The van der Waals surface area contributed by atoms with Gasteiger partial charge in [-0.2, -0.15) is 10.1 Å². The summed E-state index contributed by atoms with van der Waals surface area (Å²) in [6.45, 7) is 3.31. The number of amides is 1. The standard InChI is InChI=1S/C26H29N9O2/c1-34-9-11-35(12-10-34)25(36)22-15-23(29-24-14-20(31-32-24)18-7-8-18)30-26(28-22)27-16-19-13-21(33-37-19)17-5-3-2-4-6-17/h2-6,13-15,18H,7-12,16H2,1H3,(H3,27,28,29,30,31,32). The van der Waals surface area contributed by atoms with Gasteiger partial charge in [-0.3, -0.25) is 9.89 Å². The number of nitrogens with one attached hydrogen (secondary N) is 3. The average molecular weight is 500 g/mol. The Bertz CT molecular complexity index is 1370. The molecule has 0 unspecified atom stereocenters. The molecule has 1 aliphatic carbocycles. The first kappa shape index (κ1) is 23.2. The van der Waals surface area contributed by atoms with Gasteiger partial charge in [0.15, 0.2) is 11.6 Å². The lowest BCUT2D eigenvalue weighted by Gasteiger charge is -2.32. The predicted octanol–water partition coefficient (Wildman–Crippen LogP) is 3.48. The van der Waals surface area contributed by atoms with E-state index in [0.717, 1.165) is 30.0 Å². The normalized spacial score (nSPS) is 16.1. The Morgan fingerprint density at radius 2 is 1.86 bits per heavy atom. The number of piperazine rings is 1. The number of hydrogen-bond donors (Lipinski definition) is 3. The molecule has 4 heterocycles. The Balaban J connectivity index is 1.21. The number of H-pyrrole nitrogens is 1. The van der Waals surface area contributed by atoms with E-state index in [-0.39, 0.29) is 5.91 Å². The van der Waals surface area contributed by atoms with Gasteiger partial charge >= 0.3 is 0 Å². The minimum atomic E-state index is -0.117. The van der Waals surface area contributed by atoms with Crippen LogP contribution in [0.5, 0.6) is 0 Å². The number of likely N-dealkylation sites (N-methyl/N-ethyl adjacent to an activating group) is 1. The lowest BCUT2D eigenvalue weighted by molar-refractivity contribution is 0.0658. The van der Waals surface area contributed by atoms with E-state index >= 15 is 0 Å². The topological polar surface area (TPSA) is 128 Å². The molecule has 1 saturated heterocycles. The van der Waals surface area contributed by atoms with Crippen molar-refractivity contribution >= 4 is 23.5 Å². The first-order valence-electron chi connectivity index (χ1n) is 12.5. The van der Waals surface area contributed by atoms with Crippen LogP contribution < -0.4 is 10.6 Å². The van der Waals surface area contributed by atoms with Crippen molar-refractivity contribution in [3.63, 3.8) is 0 Å². The first-order chi connectivity index (χ1) is 18.1. The highest BCUT2D eigenvalue weighted by Gasteiger charge is 2.26. The number of carbonyl (C=O) groups excluding carboxylic acids is 1. The molecule has 37 heavy (non-hydrogen) atoms. The smallest absolute Gasteiger partial charge is 0.272 e. The third kappa shape index (κ3) is 5.46. The van der Waals surface area contributed by atoms with E-state index in [0.29, 0.717) is 54.6 Å². The number of carbonyl (C=O) groups is 1. The van der Waals surface area contributed by atoms with E-state index in [2.05, 4.69) is 47.9 Å². The number of hydrogen-bond acceptors (Lipinski definition) is 9. The van der Waals surface area contributed by atoms with Gasteiger partial charge in [-0.1, -0.05) is 35.5 Å². The second-order valence-electron chi connectivity index (χ2n) is 9.56. The zero-order chi connectivity index (χ0) is 25.2. The molecule has 1 saturated carbocycles. The Morgan fingerprint density at radius 1 is 1.05 bits per heavy atom. The molecular formula is C26H29N9O2. The number of aromatic nitrogens is 5. The minimum absolute atomic E-state index is 0.117. The van der Waals surface area contributed by atoms with Crippen molar-refractivity contribution < 1.29 is 9.32 Å². The number of anilines is 3. The maximum atomic E-state index is 13.3. The zero-order valence-electron chi connectivity index (χ0n) is 20.6. The van der Waals surface area contributed by atoms with Crippen LogP contribution in [0.3, 0.4) is 0 Å². The van der Waals surface area contributed by atoms with E-state index in [9.17, 15) is 4.79 Å². The van der Waals surface area contributed by atoms with Crippen molar-refractivity contribution in [3.05, 3.63) is 65.7 Å². The fraction of sp³-hybridized carbons (Fsp3) is 0.346. The number of rotatable bonds is 8. The largest absolute Gasteiger partial charge is 0.359 e. The van der Waals surface area contributed by atoms with Crippen LogP contribution in [-0.2, 0) is 6.54 Å². The van der Waals surface area contributed by atoms with Crippen molar-refractivity contribution in [2.75, 3.05) is 43.9 Å². The van der Waals surface area contributed by atoms with Crippen LogP contribution in [0, 0.1) is 0 Å². The SMILES string of the molecule is CN1CCN(C(=O)c2cc(Nc3cc(C4CC4)[nH]n3)nc(NCc3cc(-c4ccccc4)no3)n2)CC1. The Kier molecular flexibility index (Phi) is 6.27. The molecule has 1 aliphatic heterocycles. The summed E-state index contributed by atoms with van der Waals surface area (Å²) in [6, 6.07) is 15.4. The zero-order valence-corrected chi connectivity index (χ0v) is 20.6. The number of aromatic amines is 1. The average Bonchev–Trinajstić information content (AvgIpc) is 3.48. The monoisotopic (exact) mass is 499 g/mol. The fourth-order valence-corrected chi connectivity index (χ4v) is 4.31. The van der Waals surface area contributed by atoms with Crippen LogP contribution in [0.4, 0.5) is 17.6 Å². The van der Waals surface area contributed by atoms with Gasteiger partial charge in [-0.05, 0) is 19.9 Å². The van der Waals surface area contributed by atoms with Crippen LogP contribution in [0.25, 0.3) is 11.3 Å². The van der Waals surface area contributed by atoms with E-state index in [1.165, 1.54) is 12.8 Å². The van der Waals surface area contributed by atoms with Crippen molar-refractivity contribution in [1.29, 1.82) is 0 Å².